The van der Waals surface area contributed by atoms with Crippen molar-refractivity contribution >= 4 is 28.9 Å². The Hall–Kier alpha value is -1.63. The standard InChI is InChI=1S/C11H17N5OS/c1-6-8(9(12)18)10(16(3)14-6)13-7-4-5-15(2)11(7)17/h7,13H,4-5H2,1-3H3,(H2,12,18). The largest absolute Gasteiger partial charge is 0.389 e. The van der Waals surface area contributed by atoms with Crippen molar-refractivity contribution in [3.8, 4) is 0 Å². The van der Waals surface area contributed by atoms with Crippen LogP contribution < -0.4 is 11.1 Å². The SMILES string of the molecule is Cc1nn(C)c(NC2CCN(C)C2=O)c1C(N)=S. The van der Waals surface area contributed by atoms with Gasteiger partial charge in [0.05, 0.1) is 11.3 Å². The van der Waals surface area contributed by atoms with Gasteiger partial charge < -0.3 is 16.0 Å². The maximum absolute atomic E-state index is 11.9. The lowest BCUT2D eigenvalue weighted by Gasteiger charge is -2.14. The summed E-state index contributed by atoms with van der Waals surface area (Å²) in [7, 11) is 3.60. The van der Waals surface area contributed by atoms with E-state index >= 15 is 0 Å². The number of likely N-dealkylation sites (tertiary alicyclic amines) is 1. The highest BCUT2D eigenvalue weighted by Crippen LogP contribution is 2.22. The molecule has 3 N–H and O–H groups in total. The maximum Gasteiger partial charge on any atom is 0.244 e. The molecular weight excluding hydrogens is 250 g/mol. The van der Waals surface area contributed by atoms with Crippen LogP contribution in [-0.2, 0) is 11.8 Å². The zero-order valence-electron chi connectivity index (χ0n) is 10.7. The van der Waals surface area contributed by atoms with Crippen molar-refractivity contribution in [1.29, 1.82) is 0 Å². The number of aryl methyl sites for hydroxylation is 2. The first-order valence-electron chi connectivity index (χ1n) is 5.76. The molecule has 2 rings (SSSR count). The Kier molecular flexibility index (Phi) is 3.25. The molecule has 1 fully saturated rings. The summed E-state index contributed by atoms with van der Waals surface area (Å²) in [5, 5.41) is 7.48. The van der Waals surface area contributed by atoms with E-state index in [0.29, 0.717) is 10.8 Å². The molecular formula is C11H17N5OS. The molecule has 2 heterocycles. The lowest BCUT2D eigenvalue weighted by Crippen LogP contribution is -2.32. The van der Waals surface area contributed by atoms with Crippen LogP contribution in [0, 0.1) is 6.92 Å². The van der Waals surface area contributed by atoms with Gasteiger partial charge in [-0.3, -0.25) is 9.48 Å². The van der Waals surface area contributed by atoms with E-state index < -0.39 is 0 Å². The van der Waals surface area contributed by atoms with E-state index in [9.17, 15) is 4.79 Å². The number of anilines is 1. The van der Waals surface area contributed by atoms with E-state index in [1.54, 1.807) is 23.7 Å². The molecule has 1 aromatic rings. The zero-order valence-corrected chi connectivity index (χ0v) is 11.5. The minimum Gasteiger partial charge on any atom is -0.389 e. The number of amides is 1. The fraction of sp³-hybridized carbons (Fsp3) is 0.545. The Labute approximate surface area is 111 Å². The highest BCUT2D eigenvalue weighted by Gasteiger charge is 2.30. The maximum atomic E-state index is 11.9. The molecule has 1 atom stereocenters. The molecule has 1 unspecified atom stereocenters. The lowest BCUT2D eigenvalue weighted by molar-refractivity contribution is -0.127. The fourth-order valence-electron chi connectivity index (χ4n) is 2.24. The van der Waals surface area contributed by atoms with Crippen molar-refractivity contribution in [2.75, 3.05) is 18.9 Å². The van der Waals surface area contributed by atoms with Crippen LogP contribution >= 0.6 is 12.2 Å². The normalized spacial score (nSPS) is 19.4. The van der Waals surface area contributed by atoms with Crippen LogP contribution in [0.3, 0.4) is 0 Å². The van der Waals surface area contributed by atoms with E-state index in [1.807, 2.05) is 6.92 Å². The summed E-state index contributed by atoms with van der Waals surface area (Å²) in [6.45, 7) is 2.61. The van der Waals surface area contributed by atoms with Gasteiger partial charge in [0.25, 0.3) is 0 Å². The average molecular weight is 267 g/mol. The van der Waals surface area contributed by atoms with Crippen molar-refractivity contribution < 1.29 is 4.79 Å². The van der Waals surface area contributed by atoms with Gasteiger partial charge in [0.2, 0.25) is 5.91 Å². The summed E-state index contributed by atoms with van der Waals surface area (Å²) in [6.07, 6.45) is 0.774. The molecule has 7 heteroatoms. The highest BCUT2D eigenvalue weighted by atomic mass is 32.1. The number of nitrogens with one attached hydrogen (secondary N) is 1. The number of likely N-dealkylation sites (N-methyl/N-ethyl adjacent to an activating group) is 1. The molecule has 1 aliphatic rings. The topological polar surface area (TPSA) is 76.2 Å². The van der Waals surface area contributed by atoms with Gasteiger partial charge >= 0.3 is 0 Å². The second kappa shape index (κ2) is 4.56. The van der Waals surface area contributed by atoms with Crippen LogP contribution in [0.1, 0.15) is 17.7 Å². The number of carbonyl (C=O) groups excluding carboxylic acids is 1. The van der Waals surface area contributed by atoms with Gasteiger partial charge in [-0.05, 0) is 13.3 Å². The van der Waals surface area contributed by atoms with E-state index in [1.165, 1.54) is 0 Å². The Bertz CT molecular complexity index is 510. The van der Waals surface area contributed by atoms with Gasteiger partial charge in [-0.1, -0.05) is 12.2 Å². The molecule has 0 bridgehead atoms. The van der Waals surface area contributed by atoms with E-state index in [4.69, 9.17) is 18.0 Å². The number of nitrogens with zero attached hydrogens (tertiary/aromatic N) is 3. The third-order valence-electron chi connectivity index (χ3n) is 3.21. The average Bonchev–Trinajstić information content (AvgIpc) is 2.73. The predicted molar refractivity (Wildman–Crippen MR) is 73.5 cm³/mol. The Morgan fingerprint density at radius 1 is 1.56 bits per heavy atom. The lowest BCUT2D eigenvalue weighted by atomic mass is 10.2. The molecule has 1 amide bonds. The third kappa shape index (κ3) is 2.05. The molecule has 0 radical (unpaired) electrons. The monoisotopic (exact) mass is 267 g/mol. The van der Waals surface area contributed by atoms with E-state index in [2.05, 4.69) is 10.4 Å². The van der Waals surface area contributed by atoms with Gasteiger partial charge in [-0.25, -0.2) is 0 Å². The predicted octanol–water partition coefficient (Wildman–Crippen LogP) is 0.00532. The molecule has 0 aromatic carbocycles. The van der Waals surface area contributed by atoms with Crippen LogP contribution in [0.15, 0.2) is 0 Å². The van der Waals surface area contributed by atoms with Crippen molar-refractivity contribution in [1.82, 2.24) is 14.7 Å². The first-order chi connectivity index (χ1) is 8.41. The number of rotatable bonds is 3. The molecule has 1 saturated heterocycles. The van der Waals surface area contributed by atoms with Gasteiger partial charge in [0.1, 0.15) is 16.8 Å². The van der Waals surface area contributed by atoms with Crippen molar-refractivity contribution in [3.63, 3.8) is 0 Å². The third-order valence-corrected chi connectivity index (χ3v) is 3.41. The number of hydrogen-bond acceptors (Lipinski definition) is 4. The molecule has 1 aromatic heterocycles. The summed E-state index contributed by atoms with van der Waals surface area (Å²) in [6, 6.07) is -0.224. The number of aromatic nitrogens is 2. The molecule has 0 aliphatic carbocycles. The Balaban J connectivity index is 2.29. The van der Waals surface area contributed by atoms with E-state index in [0.717, 1.165) is 24.2 Å². The number of carbonyl (C=O) groups is 1. The molecule has 6 nitrogen and oxygen atoms in total. The summed E-state index contributed by atoms with van der Waals surface area (Å²) >= 11 is 5.03. The summed E-state index contributed by atoms with van der Waals surface area (Å²) in [5.41, 5.74) is 7.19. The summed E-state index contributed by atoms with van der Waals surface area (Å²) in [4.78, 5) is 13.9. The Morgan fingerprint density at radius 3 is 2.72 bits per heavy atom. The molecule has 1 aliphatic heterocycles. The quantitative estimate of drug-likeness (QED) is 0.754. The molecule has 18 heavy (non-hydrogen) atoms. The van der Waals surface area contributed by atoms with Gasteiger partial charge in [-0.2, -0.15) is 5.10 Å². The number of nitrogens with two attached hydrogens (primary N) is 1. The Morgan fingerprint density at radius 2 is 2.22 bits per heavy atom. The van der Waals surface area contributed by atoms with Crippen molar-refractivity contribution in [3.05, 3.63) is 11.3 Å². The first kappa shape index (κ1) is 12.8. The van der Waals surface area contributed by atoms with Gasteiger partial charge in [0, 0.05) is 20.6 Å². The minimum atomic E-state index is -0.224. The van der Waals surface area contributed by atoms with Crippen molar-refractivity contribution in [2.45, 2.75) is 19.4 Å². The second-order valence-electron chi connectivity index (χ2n) is 4.54. The smallest absolute Gasteiger partial charge is 0.244 e. The first-order valence-corrected chi connectivity index (χ1v) is 6.17. The highest BCUT2D eigenvalue weighted by molar-refractivity contribution is 7.80. The van der Waals surface area contributed by atoms with Crippen molar-refractivity contribution in [2.24, 2.45) is 12.8 Å². The van der Waals surface area contributed by atoms with Crippen LogP contribution in [0.5, 0.6) is 0 Å². The minimum absolute atomic E-state index is 0.0859. The van der Waals surface area contributed by atoms with Crippen LogP contribution in [-0.4, -0.2) is 45.2 Å². The molecule has 98 valence electrons. The van der Waals surface area contributed by atoms with Gasteiger partial charge in [0.15, 0.2) is 0 Å². The number of hydrogen-bond donors (Lipinski definition) is 2. The fourth-order valence-corrected chi connectivity index (χ4v) is 2.48. The second-order valence-corrected chi connectivity index (χ2v) is 4.98. The summed E-state index contributed by atoms with van der Waals surface area (Å²) in [5.74, 6) is 0.802. The van der Waals surface area contributed by atoms with E-state index in [-0.39, 0.29) is 11.9 Å². The summed E-state index contributed by atoms with van der Waals surface area (Å²) < 4.78 is 1.68. The van der Waals surface area contributed by atoms with Crippen LogP contribution in [0.2, 0.25) is 0 Å². The number of thiocarbonyl (C=S) groups is 1. The zero-order chi connectivity index (χ0) is 13.4. The molecule has 0 spiro atoms. The van der Waals surface area contributed by atoms with Crippen LogP contribution in [0.25, 0.3) is 0 Å². The van der Waals surface area contributed by atoms with Gasteiger partial charge in [-0.15, -0.1) is 0 Å². The van der Waals surface area contributed by atoms with Crippen LogP contribution in [0.4, 0.5) is 5.82 Å². The molecule has 0 saturated carbocycles.